The molecule has 0 saturated heterocycles. The van der Waals surface area contributed by atoms with Crippen molar-refractivity contribution in [3.63, 3.8) is 0 Å². The standard InChI is InChI=1S/C8H10O2.C3H4/c1-9-7-4-3-5-8(6-7)10-2;1-3-2/h3-6H,1-2H3;1H,2H3. The zero-order valence-corrected chi connectivity index (χ0v) is 8.20. The molecule has 0 aliphatic carbocycles. The van der Waals surface area contributed by atoms with Crippen LogP contribution < -0.4 is 9.47 Å². The van der Waals surface area contributed by atoms with Gasteiger partial charge in [-0.2, -0.15) is 0 Å². The fraction of sp³-hybridized carbons (Fsp3) is 0.273. The van der Waals surface area contributed by atoms with Crippen LogP contribution in [0.5, 0.6) is 11.5 Å². The Morgan fingerprint density at radius 1 is 1.15 bits per heavy atom. The number of rotatable bonds is 2. The van der Waals surface area contributed by atoms with E-state index in [-0.39, 0.29) is 0 Å². The Balaban J connectivity index is 0.000000424. The summed E-state index contributed by atoms with van der Waals surface area (Å²) >= 11 is 0. The molecule has 0 N–H and O–H groups in total. The third-order valence-corrected chi connectivity index (χ3v) is 1.28. The van der Waals surface area contributed by atoms with Crippen molar-refractivity contribution in [1.29, 1.82) is 0 Å². The lowest BCUT2D eigenvalue weighted by atomic mass is 10.3. The molecule has 0 aromatic heterocycles. The van der Waals surface area contributed by atoms with Crippen LogP contribution in [0.1, 0.15) is 6.92 Å². The fourth-order valence-corrected chi connectivity index (χ4v) is 0.728. The van der Waals surface area contributed by atoms with Gasteiger partial charge < -0.3 is 9.47 Å². The van der Waals surface area contributed by atoms with Crippen molar-refractivity contribution in [1.82, 2.24) is 0 Å². The molecule has 0 spiro atoms. The van der Waals surface area contributed by atoms with Gasteiger partial charge in [-0.25, -0.2) is 0 Å². The van der Waals surface area contributed by atoms with E-state index in [0.717, 1.165) is 11.5 Å². The van der Waals surface area contributed by atoms with Gasteiger partial charge in [-0.15, -0.1) is 12.3 Å². The van der Waals surface area contributed by atoms with E-state index < -0.39 is 0 Å². The van der Waals surface area contributed by atoms with E-state index in [1.54, 1.807) is 21.1 Å². The van der Waals surface area contributed by atoms with Gasteiger partial charge in [0.1, 0.15) is 11.5 Å². The predicted octanol–water partition coefficient (Wildman–Crippen LogP) is 2.34. The second-order valence-corrected chi connectivity index (χ2v) is 2.17. The van der Waals surface area contributed by atoms with Gasteiger partial charge in [0.2, 0.25) is 0 Å². The summed E-state index contributed by atoms with van der Waals surface area (Å²) in [7, 11) is 3.27. The van der Waals surface area contributed by atoms with Crippen molar-refractivity contribution in [2.75, 3.05) is 14.2 Å². The largest absolute Gasteiger partial charge is 0.497 e. The highest BCUT2D eigenvalue weighted by atomic mass is 16.5. The Morgan fingerprint density at radius 2 is 1.54 bits per heavy atom. The molecule has 0 aliphatic rings. The van der Waals surface area contributed by atoms with E-state index in [1.807, 2.05) is 24.3 Å². The predicted molar refractivity (Wildman–Crippen MR) is 54.1 cm³/mol. The topological polar surface area (TPSA) is 18.5 Å². The summed E-state index contributed by atoms with van der Waals surface area (Å²) in [6, 6.07) is 7.47. The van der Waals surface area contributed by atoms with E-state index in [0.29, 0.717) is 0 Å². The summed E-state index contributed by atoms with van der Waals surface area (Å²) in [5.74, 6) is 3.89. The van der Waals surface area contributed by atoms with Crippen LogP contribution in [0.15, 0.2) is 24.3 Å². The quantitative estimate of drug-likeness (QED) is 0.647. The fourth-order valence-electron chi connectivity index (χ4n) is 0.728. The molecule has 0 heterocycles. The zero-order chi connectivity index (χ0) is 10.1. The number of terminal acetylenes is 1. The maximum Gasteiger partial charge on any atom is 0.122 e. The number of methoxy groups -OCH3 is 2. The van der Waals surface area contributed by atoms with Crippen molar-refractivity contribution in [3.05, 3.63) is 24.3 Å². The van der Waals surface area contributed by atoms with E-state index in [1.165, 1.54) is 0 Å². The Morgan fingerprint density at radius 3 is 1.85 bits per heavy atom. The van der Waals surface area contributed by atoms with Crippen molar-refractivity contribution in [2.24, 2.45) is 0 Å². The second-order valence-electron chi connectivity index (χ2n) is 2.17. The third-order valence-electron chi connectivity index (χ3n) is 1.28. The maximum atomic E-state index is 4.98. The molecule has 0 fully saturated rings. The van der Waals surface area contributed by atoms with Crippen molar-refractivity contribution in [2.45, 2.75) is 6.92 Å². The van der Waals surface area contributed by atoms with Crippen LogP contribution in [0, 0.1) is 12.3 Å². The summed E-state index contributed by atoms with van der Waals surface area (Å²) in [4.78, 5) is 0. The molecule has 2 nitrogen and oxygen atoms in total. The first-order chi connectivity index (χ1) is 6.28. The average molecular weight is 178 g/mol. The lowest BCUT2D eigenvalue weighted by Gasteiger charge is -2.01. The smallest absolute Gasteiger partial charge is 0.122 e. The number of hydrogen-bond donors (Lipinski definition) is 0. The minimum atomic E-state index is 0.819. The van der Waals surface area contributed by atoms with Gasteiger partial charge in [-0.05, 0) is 19.1 Å². The normalized spacial score (nSPS) is 7.54. The zero-order valence-electron chi connectivity index (χ0n) is 8.20. The summed E-state index contributed by atoms with van der Waals surface area (Å²) in [6.45, 7) is 1.65. The molecule has 0 aliphatic heterocycles. The lowest BCUT2D eigenvalue weighted by molar-refractivity contribution is 0.394. The number of benzene rings is 1. The molecule has 2 heteroatoms. The van der Waals surface area contributed by atoms with Crippen LogP contribution in [0.3, 0.4) is 0 Å². The Bertz CT molecular complexity index is 254. The van der Waals surface area contributed by atoms with Gasteiger partial charge in [0.25, 0.3) is 0 Å². The van der Waals surface area contributed by atoms with E-state index in [4.69, 9.17) is 9.47 Å². The molecule has 1 aromatic carbocycles. The first kappa shape index (κ1) is 11.4. The highest BCUT2D eigenvalue weighted by molar-refractivity contribution is 5.32. The first-order valence-corrected chi connectivity index (χ1v) is 3.83. The van der Waals surface area contributed by atoms with E-state index in [9.17, 15) is 0 Å². The van der Waals surface area contributed by atoms with E-state index in [2.05, 4.69) is 12.3 Å². The highest BCUT2D eigenvalue weighted by Crippen LogP contribution is 2.17. The molecule has 1 aromatic rings. The van der Waals surface area contributed by atoms with Gasteiger partial charge in [-0.3, -0.25) is 0 Å². The van der Waals surface area contributed by atoms with E-state index >= 15 is 0 Å². The van der Waals surface area contributed by atoms with Crippen LogP contribution in [0.4, 0.5) is 0 Å². The summed E-state index contributed by atoms with van der Waals surface area (Å²) in [5.41, 5.74) is 0. The molecule has 1 rings (SSSR count). The van der Waals surface area contributed by atoms with Crippen LogP contribution >= 0.6 is 0 Å². The molecule has 0 atom stereocenters. The molecule has 0 amide bonds. The minimum absolute atomic E-state index is 0.819. The van der Waals surface area contributed by atoms with Crippen molar-refractivity contribution >= 4 is 0 Å². The molecule has 13 heavy (non-hydrogen) atoms. The van der Waals surface area contributed by atoms with Gasteiger partial charge in [0, 0.05) is 6.07 Å². The molecular formula is C11H14O2. The van der Waals surface area contributed by atoms with Crippen LogP contribution in [0.2, 0.25) is 0 Å². The molecule has 0 radical (unpaired) electrons. The second kappa shape index (κ2) is 7.05. The Kier molecular flexibility index (Phi) is 6.17. The third kappa shape index (κ3) is 4.76. The minimum Gasteiger partial charge on any atom is -0.497 e. The summed E-state index contributed by atoms with van der Waals surface area (Å²) < 4.78 is 9.95. The number of ether oxygens (including phenoxy) is 2. The molecule has 70 valence electrons. The highest BCUT2D eigenvalue weighted by Gasteiger charge is 1.91. The van der Waals surface area contributed by atoms with Crippen LogP contribution in [-0.4, -0.2) is 14.2 Å². The first-order valence-electron chi connectivity index (χ1n) is 3.83. The van der Waals surface area contributed by atoms with Crippen LogP contribution in [0.25, 0.3) is 0 Å². The van der Waals surface area contributed by atoms with Crippen molar-refractivity contribution in [3.8, 4) is 23.8 Å². The molecule has 0 unspecified atom stereocenters. The summed E-state index contributed by atoms with van der Waals surface area (Å²) in [6.07, 6.45) is 4.60. The molecule has 0 saturated carbocycles. The van der Waals surface area contributed by atoms with Gasteiger partial charge in [0.05, 0.1) is 14.2 Å². The average Bonchev–Trinajstić information content (AvgIpc) is 2.19. The van der Waals surface area contributed by atoms with Crippen LogP contribution in [-0.2, 0) is 0 Å². The Hall–Kier alpha value is -1.62. The maximum absolute atomic E-state index is 4.98. The Labute approximate surface area is 79.5 Å². The lowest BCUT2D eigenvalue weighted by Crippen LogP contribution is -1.84. The van der Waals surface area contributed by atoms with Gasteiger partial charge in [-0.1, -0.05) is 6.07 Å². The van der Waals surface area contributed by atoms with Gasteiger partial charge in [0.15, 0.2) is 0 Å². The SMILES string of the molecule is C#CC.COc1cccc(OC)c1. The summed E-state index contributed by atoms with van der Waals surface area (Å²) in [5, 5.41) is 0. The molecule has 0 bridgehead atoms. The van der Waals surface area contributed by atoms with Crippen molar-refractivity contribution < 1.29 is 9.47 Å². The molecular weight excluding hydrogens is 164 g/mol. The van der Waals surface area contributed by atoms with Gasteiger partial charge >= 0.3 is 0 Å². The monoisotopic (exact) mass is 178 g/mol. The number of hydrogen-bond acceptors (Lipinski definition) is 2.